The molecule has 2 saturated heterocycles. The first-order valence-corrected chi connectivity index (χ1v) is 7.43. The molecule has 0 N–H and O–H groups in total. The minimum atomic E-state index is 0.0975. The fourth-order valence-electron chi connectivity index (χ4n) is 3.38. The summed E-state index contributed by atoms with van der Waals surface area (Å²) in [5.41, 5.74) is 0.337. The van der Waals surface area contributed by atoms with Gasteiger partial charge in [-0.15, -0.1) is 0 Å². The average Bonchev–Trinajstić information content (AvgIpc) is 2.39. The number of hydrogen-bond donors (Lipinski definition) is 0. The lowest BCUT2D eigenvalue weighted by Gasteiger charge is -2.51. The van der Waals surface area contributed by atoms with E-state index in [9.17, 15) is 5.26 Å². The average molecular weight is 265 g/mol. The Morgan fingerprint density at radius 3 is 2.16 bits per heavy atom. The molecule has 2 aliphatic heterocycles. The van der Waals surface area contributed by atoms with Crippen molar-refractivity contribution < 1.29 is 4.74 Å². The number of rotatable bonds is 2. The lowest BCUT2D eigenvalue weighted by Crippen LogP contribution is -2.60. The Kier molecular flexibility index (Phi) is 4.50. The molecule has 2 rings (SSSR count). The number of nitrogens with zero attached hydrogens (tertiary/aromatic N) is 3. The van der Waals surface area contributed by atoms with Crippen molar-refractivity contribution in [3.8, 4) is 6.07 Å². The van der Waals surface area contributed by atoms with E-state index in [2.05, 4.69) is 36.6 Å². The van der Waals surface area contributed by atoms with Crippen LogP contribution < -0.4 is 0 Å². The van der Waals surface area contributed by atoms with Crippen molar-refractivity contribution in [1.29, 1.82) is 5.26 Å². The van der Waals surface area contributed by atoms with E-state index in [0.717, 1.165) is 52.2 Å². The van der Waals surface area contributed by atoms with Crippen molar-refractivity contribution in [1.82, 2.24) is 9.80 Å². The molecule has 0 amide bonds. The van der Waals surface area contributed by atoms with Gasteiger partial charge in [-0.25, -0.2) is 0 Å². The lowest BCUT2D eigenvalue weighted by molar-refractivity contribution is -0.0558. The standard InChI is InChI=1S/C15H27N3O/c1-14(2,3)17-8-5-15(4-7-16,6-9-17)18-10-12-19-13-11-18/h4-6,8-13H2,1-3H3. The van der Waals surface area contributed by atoms with Crippen LogP contribution in [-0.2, 0) is 4.74 Å². The van der Waals surface area contributed by atoms with Gasteiger partial charge in [0.2, 0.25) is 0 Å². The molecular weight excluding hydrogens is 238 g/mol. The van der Waals surface area contributed by atoms with Crippen molar-refractivity contribution in [2.45, 2.75) is 51.1 Å². The summed E-state index contributed by atoms with van der Waals surface area (Å²) < 4.78 is 5.45. The van der Waals surface area contributed by atoms with Crippen LogP contribution in [0.3, 0.4) is 0 Å². The Labute approximate surface area is 117 Å². The van der Waals surface area contributed by atoms with Gasteiger partial charge in [0, 0.05) is 37.3 Å². The maximum Gasteiger partial charge on any atom is 0.0641 e. The molecule has 0 saturated carbocycles. The van der Waals surface area contributed by atoms with E-state index in [-0.39, 0.29) is 11.1 Å². The predicted octanol–water partition coefficient (Wildman–Crippen LogP) is 1.87. The molecular formula is C15H27N3O. The summed E-state index contributed by atoms with van der Waals surface area (Å²) in [7, 11) is 0. The first-order valence-electron chi connectivity index (χ1n) is 7.43. The molecule has 0 aromatic rings. The van der Waals surface area contributed by atoms with Crippen LogP contribution in [0.5, 0.6) is 0 Å². The molecule has 4 heteroatoms. The maximum atomic E-state index is 9.22. The Morgan fingerprint density at radius 1 is 1.11 bits per heavy atom. The largest absolute Gasteiger partial charge is 0.379 e. The fourth-order valence-corrected chi connectivity index (χ4v) is 3.38. The summed E-state index contributed by atoms with van der Waals surface area (Å²) >= 11 is 0. The highest BCUT2D eigenvalue weighted by atomic mass is 16.5. The van der Waals surface area contributed by atoms with Crippen LogP contribution in [0, 0.1) is 11.3 Å². The quantitative estimate of drug-likeness (QED) is 0.764. The Bertz CT molecular complexity index is 328. The van der Waals surface area contributed by atoms with Gasteiger partial charge in [-0.3, -0.25) is 9.80 Å². The number of piperidine rings is 1. The first kappa shape index (κ1) is 14.8. The van der Waals surface area contributed by atoms with E-state index >= 15 is 0 Å². The van der Waals surface area contributed by atoms with Crippen molar-refractivity contribution in [2.24, 2.45) is 0 Å². The van der Waals surface area contributed by atoms with E-state index in [1.807, 2.05) is 0 Å². The lowest BCUT2D eigenvalue weighted by atomic mass is 9.81. The highest BCUT2D eigenvalue weighted by Gasteiger charge is 2.41. The topological polar surface area (TPSA) is 39.5 Å². The van der Waals surface area contributed by atoms with Crippen LogP contribution in [-0.4, -0.2) is 60.3 Å². The third-order valence-electron chi connectivity index (χ3n) is 4.73. The molecule has 0 unspecified atom stereocenters. The van der Waals surface area contributed by atoms with Gasteiger partial charge in [-0.2, -0.15) is 5.26 Å². The minimum absolute atomic E-state index is 0.0975. The Hall–Kier alpha value is -0.630. The monoisotopic (exact) mass is 265 g/mol. The van der Waals surface area contributed by atoms with E-state index in [4.69, 9.17) is 4.74 Å². The maximum absolute atomic E-state index is 9.22. The highest BCUT2D eigenvalue weighted by molar-refractivity contribution is 5.02. The molecule has 108 valence electrons. The van der Waals surface area contributed by atoms with Crippen molar-refractivity contribution in [3.63, 3.8) is 0 Å². The number of hydrogen-bond acceptors (Lipinski definition) is 4. The number of nitriles is 1. The van der Waals surface area contributed by atoms with E-state index in [1.54, 1.807) is 0 Å². The van der Waals surface area contributed by atoms with Gasteiger partial charge in [-0.05, 0) is 33.6 Å². The van der Waals surface area contributed by atoms with Crippen LogP contribution in [0.15, 0.2) is 0 Å². The van der Waals surface area contributed by atoms with Crippen LogP contribution in [0.1, 0.15) is 40.0 Å². The SMILES string of the molecule is CC(C)(C)N1CCC(CC#N)(N2CCOCC2)CC1. The van der Waals surface area contributed by atoms with Crippen LogP contribution >= 0.6 is 0 Å². The zero-order chi connectivity index (χ0) is 13.9. The van der Waals surface area contributed by atoms with Crippen molar-refractivity contribution in [3.05, 3.63) is 0 Å². The molecule has 4 nitrogen and oxygen atoms in total. The summed E-state index contributed by atoms with van der Waals surface area (Å²) in [5, 5.41) is 9.22. The zero-order valence-electron chi connectivity index (χ0n) is 12.6. The molecule has 0 spiro atoms. The van der Waals surface area contributed by atoms with E-state index in [1.165, 1.54) is 0 Å². The molecule has 19 heavy (non-hydrogen) atoms. The third kappa shape index (κ3) is 3.28. The predicted molar refractivity (Wildman–Crippen MR) is 75.9 cm³/mol. The van der Waals surface area contributed by atoms with E-state index < -0.39 is 0 Å². The summed E-state index contributed by atoms with van der Waals surface area (Å²) in [6, 6.07) is 2.43. The van der Waals surface area contributed by atoms with E-state index in [0.29, 0.717) is 6.42 Å². The third-order valence-corrected chi connectivity index (χ3v) is 4.73. The second kappa shape index (κ2) is 5.78. The normalized spacial score (nSPS) is 26.0. The molecule has 0 bridgehead atoms. The number of morpholine rings is 1. The second-order valence-corrected chi connectivity index (χ2v) is 6.82. The number of likely N-dealkylation sites (tertiary alicyclic amines) is 1. The van der Waals surface area contributed by atoms with Crippen LogP contribution in [0.4, 0.5) is 0 Å². The second-order valence-electron chi connectivity index (χ2n) is 6.82. The highest BCUT2D eigenvalue weighted by Crippen LogP contribution is 2.34. The Morgan fingerprint density at radius 2 is 1.68 bits per heavy atom. The molecule has 0 atom stereocenters. The smallest absolute Gasteiger partial charge is 0.0641 e. The first-order chi connectivity index (χ1) is 8.98. The van der Waals surface area contributed by atoms with Gasteiger partial charge < -0.3 is 4.74 Å². The number of ether oxygens (including phenoxy) is 1. The fraction of sp³-hybridized carbons (Fsp3) is 0.933. The van der Waals surface area contributed by atoms with Crippen LogP contribution in [0.25, 0.3) is 0 Å². The van der Waals surface area contributed by atoms with Crippen LogP contribution in [0.2, 0.25) is 0 Å². The summed E-state index contributed by atoms with van der Waals surface area (Å²) in [4.78, 5) is 5.06. The Balaban J connectivity index is 2.04. The van der Waals surface area contributed by atoms with Gasteiger partial charge in [0.15, 0.2) is 0 Å². The molecule has 2 heterocycles. The molecule has 0 aromatic heterocycles. The zero-order valence-corrected chi connectivity index (χ0v) is 12.6. The molecule has 2 aliphatic rings. The summed E-state index contributed by atoms with van der Waals surface area (Å²) in [6.45, 7) is 12.6. The van der Waals surface area contributed by atoms with Gasteiger partial charge in [-0.1, -0.05) is 0 Å². The van der Waals surface area contributed by atoms with Gasteiger partial charge >= 0.3 is 0 Å². The van der Waals surface area contributed by atoms with Crippen molar-refractivity contribution in [2.75, 3.05) is 39.4 Å². The van der Waals surface area contributed by atoms with Crippen molar-refractivity contribution >= 4 is 0 Å². The van der Waals surface area contributed by atoms with Gasteiger partial charge in [0.1, 0.15) is 0 Å². The summed E-state index contributed by atoms with van der Waals surface area (Å²) in [5.74, 6) is 0. The molecule has 0 radical (unpaired) electrons. The molecule has 0 aromatic carbocycles. The summed E-state index contributed by atoms with van der Waals surface area (Å²) in [6.07, 6.45) is 2.88. The molecule has 0 aliphatic carbocycles. The van der Waals surface area contributed by atoms with Gasteiger partial charge in [0.25, 0.3) is 0 Å². The minimum Gasteiger partial charge on any atom is -0.379 e. The molecule has 2 fully saturated rings. The van der Waals surface area contributed by atoms with Gasteiger partial charge in [0.05, 0.1) is 25.7 Å².